The topological polar surface area (TPSA) is 33.1 Å². The first-order valence-corrected chi connectivity index (χ1v) is 8.39. The lowest BCUT2D eigenvalue weighted by Gasteiger charge is -2.47. The Bertz CT molecular complexity index is 465. The first kappa shape index (κ1) is 16.5. The van der Waals surface area contributed by atoms with Gasteiger partial charge in [-0.15, -0.1) is 0 Å². The van der Waals surface area contributed by atoms with Crippen molar-refractivity contribution in [3.63, 3.8) is 0 Å². The van der Waals surface area contributed by atoms with Crippen LogP contribution in [0.1, 0.15) is 52.4 Å². The van der Waals surface area contributed by atoms with E-state index in [1.165, 1.54) is 17.8 Å². The summed E-state index contributed by atoms with van der Waals surface area (Å²) in [5.41, 5.74) is 2.76. The zero-order valence-corrected chi connectivity index (χ0v) is 14.6. The molecule has 0 bridgehead atoms. The predicted molar refractivity (Wildman–Crippen MR) is 88.3 cm³/mol. The lowest BCUT2D eigenvalue weighted by atomic mass is 9.90. The molecular weight excluding hydrogens is 260 g/mol. The van der Waals surface area contributed by atoms with Crippen LogP contribution in [-0.2, 0) is 20.0 Å². The molecule has 4 heteroatoms. The molecule has 1 aliphatic rings. The van der Waals surface area contributed by atoms with Crippen molar-refractivity contribution in [1.29, 1.82) is 0 Å². The standard InChI is InChI=1S/C17H32N4/c1-7-14-9-15(20(6)19-14)11-21-12-17(5,8-2)18-10-16(21)13(3)4/h9,13,16,18H,7-8,10-12H2,1-6H3. The fourth-order valence-corrected chi connectivity index (χ4v) is 3.27. The highest BCUT2D eigenvalue weighted by molar-refractivity contribution is 5.11. The molecule has 2 heterocycles. The van der Waals surface area contributed by atoms with Crippen molar-refractivity contribution in [1.82, 2.24) is 20.0 Å². The molecule has 2 atom stereocenters. The second kappa shape index (κ2) is 6.49. The van der Waals surface area contributed by atoms with Gasteiger partial charge in [0.2, 0.25) is 0 Å². The molecular formula is C17H32N4. The lowest BCUT2D eigenvalue weighted by Crippen LogP contribution is -2.63. The van der Waals surface area contributed by atoms with Crippen LogP contribution < -0.4 is 5.32 Å². The van der Waals surface area contributed by atoms with Gasteiger partial charge in [-0.2, -0.15) is 5.10 Å². The second-order valence-electron chi connectivity index (χ2n) is 7.12. The molecule has 4 nitrogen and oxygen atoms in total. The fourth-order valence-electron chi connectivity index (χ4n) is 3.27. The summed E-state index contributed by atoms with van der Waals surface area (Å²) in [5.74, 6) is 0.665. The van der Waals surface area contributed by atoms with E-state index in [0.29, 0.717) is 12.0 Å². The van der Waals surface area contributed by atoms with E-state index in [4.69, 9.17) is 0 Å². The van der Waals surface area contributed by atoms with E-state index < -0.39 is 0 Å². The molecule has 0 saturated carbocycles. The SMILES string of the molecule is CCc1cc(CN2CC(C)(CC)NCC2C(C)C)n(C)n1. The molecule has 120 valence electrons. The van der Waals surface area contributed by atoms with Crippen LogP contribution >= 0.6 is 0 Å². The molecule has 0 radical (unpaired) electrons. The van der Waals surface area contributed by atoms with Crippen molar-refractivity contribution in [3.8, 4) is 0 Å². The Labute approximate surface area is 129 Å². The Morgan fingerprint density at radius 2 is 2.14 bits per heavy atom. The van der Waals surface area contributed by atoms with Gasteiger partial charge in [-0.3, -0.25) is 9.58 Å². The van der Waals surface area contributed by atoms with Crippen LogP contribution in [0.5, 0.6) is 0 Å². The molecule has 0 spiro atoms. The Morgan fingerprint density at radius 1 is 1.43 bits per heavy atom. The molecule has 2 unspecified atom stereocenters. The molecule has 1 N–H and O–H groups in total. The van der Waals surface area contributed by atoms with Crippen LogP contribution in [0.3, 0.4) is 0 Å². The van der Waals surface area contributed by atoms with Crippen molar-refractivity contribution in [2.75, 3.05) is 13.1 Å². The van der Waals surface area contributed by atoms with Gasteiger partial charge >= 0.3 is 0 Å². The first-order chi connectivity index (χ1) is 9.88. The highest BCUT2D eigenvalue weighted by Gasteiger charge is 2.36. The van der Waals surface area contributed by atoms with Gasteiger partial charge in [0, 0.05) is 38.3 Å². The summed E-state index contributed by atoms with van der Waals surface area (Å²) < 4.78 is 2.06. The number of hydrogen-bond donors (Lipinski definition) is 1. The van der Waals surface area contributed by atoms with Gasteiger partial charge in [-0.1, -0.05) is 27.7 Å². The summed E-state index contributed by atoms with van der Waals surface area (Å²) in [6.45, 7) is 14.6. The summed E-state index contributed by atoms with van der Waals surface area (Å²) in [6.07, 6.45) is 2.18. The van der Waals surface area contributed by atoms with Gasteiger partial charge in [-0.05, 0) is 31.7 Å². The molecule has 0 amide bonds. The van der Waals surface area contributed by atoms with Crippen molar-refractivity contribution in [2.24, 2.45) is 13.0 Å². The van der Waals surface area contributed by atoms with Crippen LogP contribution in [0, 0.1) is 5.92 Å². The van der Waals surface area contributed by atoms with E-state index >= 15 is 0 Å². The minimum atomic E-state index is 0.234. The van der Waals surface area contributed by atoms with Crippen molar-refractivity contribution >= 4 is 0 Å². The third-order valence-corrected chi connectivity index (χ3v) is 5.06. The maximum Gasteiger partial charge on any atom is 0.0625 e. The summed E-state index contributed by atoms with van der Waals surface area (Å²) >= 11 is 0. The number of hydrogen-bond acceptors (Lipinski definition) is 3. The number of nitrogens with zero attached hydrogens (tertiary/aromatic N) is 3. The van der Waals surface area contributed by atoms with Gasteiger partial charge in [0.15, 0.2) is 0 Å². The van der Waals surface area contributed by atoms with Crippen molar-refractivity contribution < 1.29 is 0 Å². The lowest BCUT2D eigenvalue weighted by molar-refractivity contribution is 0.0520. The maximum atomic E-state index is 4.60. The number of nitrogens with one attached hydrogen (secondary N) is 1. The van der Waals surface area contributed by atoms with Crippen LogP contribution in [0.2, 0.25) is 0 Å². The van der Waals surface area contributed by atoms with E-state index in [1.807, 2.05) is 0 Å². The summed E-state index contributed by atoms with van der Waals surface area (Å²) in [4.78, 5) is 2.65. The fraction of sp³-hybridized carbons (Fsp3) is 0.824. The van der Waals surface area contributed by atoms with Gasteiger partial charge in [0.05, 0.1) is 11.4 Å². The molecule has 2 rings (SSSR count). The summed E-state index contributed by atoms with van der Waals surface area (Å²) in [6, 6.07) is 2.87. The number of piperazine rings is 1. The van der Waals surface area contributed by atoms with Crippen LogP contribution in [-0.4, -0.2) is 39.4 Å². The smallest absolute Gasteiger partial charge is 0.0625 e. The number of rotatable bonds is 5. The largest absolute Gasteiger partial charge is 0.309 e. The molecule has 0 aromatic carbocycles. The average Bonchev–Trinajstić information content (AvgIpc) is 2.79. The van der Waals surface area contributed by atoms with Crippen LogP contribution in [0.25, 0.3) is 0 Å². The molecule has 1 aromatic heterocycles. The Morgan fingerprint density at radius 3 is 2.67 bits per heavy atom. The van der Waals surface area contributed by atoms with Gasteiger partial charge in [0.1, 0.15) is 0 Å². The van der Waals surface area contributed by atoms with Crippen LogP contribution in [0.4, 0.5) is 0 Å². The summed E-state index contributed by atoms with van der Waals surface area (Å²) in [5, 5.41) is 8.35. The monoisotopic (exact) mass is 292 g/mol. The Kier molecular flexibility index (Phi) is 5.10. The summed E-state index contributed by atoms with van der Waals surface area (Å²) in [7, 11) is 2.07. The van der Waals surface area contributed by atoms with Crippen LogP contribution in [0.15, 0.2) is 6.07 Å². The highest BCUT2D eigenvalue weighted by atomic mass is 15.3. The minimum absolute atomic E-state index is 0.234. The zero-order valence-electron chi connectivity index (χ0n) is 14.6. The zero-order chi connectivity index (χ0) is 15.6. The average molecular weight is 292 g/mol. The second-order valence-corrected chi connectivity index (χ2v) is 7.12. The van der Waals surface area contributed by atoms with Crippen molar-refractivity contribution in [3.05, 3.63) is 17.5 Å². The van der Waals surface area contributed by atoms with E-state index in [9.17, 15) is 0 Å². The molecule has 21 heavy (non-hydrogen) atoms. The Balaban J connectivity index is 2.17. The van der Waals surface area contributed by atoms with E-state index in [2.05, 4.69) is 67.7 Å². The van der Waals surface area contributed by atoms with E-state index in [1.54, 1.807) is 0 Å². The Hall–Kier alpha value is -0.870. The minimum Gasteiger partial charge on any atom is -0.309 e. The molecule has 0 aliphatic carbocycles. The third kappa shape index (κ3) is 3.67. The first-order valence-electron chi connectivity index (χ1n) is 8.39. The molecule has 1 aliphatic heterocycles. The number of aryl methyl sites for hydroxylation is 2. The normalized spacial score (nSPS) is 27.5. The maximum absolute atomic E-state index is 4.60. The molecule has 1 aromatic rings. The van der Waals surface area contributed by atoms with Crippen molar-refractivity contribution in [2.45, 2.75) is 65.6 Å². The van der Waals surface area contributed by atoms with Gasteiger partial charge < -0.3 is 5.32 Å². The molecule has 1 fully saturated rings. The number of aromatic nitrogens is 2. The van der Waals surface area contributed by atoms with E-state index in [-0.39, 0.29) is 5.54 Å². The third-order valence-electron chi connectivity index (χ3n) is 5.06. The van der Waals surface area contributed by atoms with E-state index in [0.717, 1.165) is 26.1 Å². The van der Waals surface area contributed by atoms with Gasteiger partial charge in [-0.25, -0.2) is 0 Å². The molecule has 1 saturated heterocycles. The highest BCUT2D eigenvalue weighted by Crippen LogP contribution is 2.24. The van der Waals surface area contributed by atoms with Gasteiger partial charge in [0.25, 0.3) is 0 Å². The predicted octanol–water partition coefficient (Wildman–Crippen LogP) is 2.58. The quantitative estimate of drug-likeness (QED) is 0.905.